The second-order valence-electron chi connectivity index (χ2n) is 13.0. The first-order chi connectivity index (χ1) is 23.3. The Morgan fingerprint density at radius 3 is 2.02 bits per heavy atom. The smallest absolute Gasteiger partial charge is 0.126 e. The van der Waals surface area contributed by atoms with Crippen LogP contribution in [0.1, 0.15) is 85.5 Å². The highest BCUT2D eigenvalue weighted by Gasteiger charge is 2.33. The standard InChI is InChI=1S/C42H51NO4/c1(3-5-13-25-43-26-29-44-30-27-43)2-4-6-14-28-45-37-21-19-36(20-22-37)42-39-24-23-38(46-32-34-15-9-7-10-16-34)31-41(39)47-33-40(42)35-17-11-8-12-18-35/h7-12,15-24,31,40,42H,1-6,13-14,25-30,32-33H2. The highest BCUT2D eigenvalue weighted by Crippen LogP contribution is 2.47. The van der Waals surface area contributed by atoms with Gasteiger partial charge in [-0.15, -0.1) is 0 Å². The van der Waals surface area contributed by atoms with Crippen molar-refractivity contribution in [2.75, 3.05) is 46.1 Å². The predicted octanol–water partition coefficient (Wildman–Crippen LogP) is 9.41. The van der Waals surface area contributed by atoms with Gasteiger partial charge in [0.05, 0.1) is 26.4 Å². The first-order valence-electron chi connectivity index (χ1n) is 17.8. The molecule has 0 saturated carbocycles. The Labute approximate surface area is 281 Å². The highest BCUT2D eigenvalue weighted by atomic mass is 16.5. The van der Waals surface area contributed by atoms with E-state index in [2.05, 4.69) is 89.8 Å². The second kappa shape index (κ2) is 17.9. The molecule has 0 bridgehead atoms. The van der Waals surface area contributed by atoms with E-state index in [4.69, 9.17) is 18.9 Å². The molecule has 0 N–H and O–H groups in total. The molecule has 1 fully saturated rings. The molecule has 2 heterocycles. The van der Waals surface area contributed by atoms with Crippen molar-refractivity contribution >= 4 is 0 Å². The number of hydrogen-bond donors (Lipinski definition) is 0. The fourth-order valence-corrected chi connectivity index (χ4v) is 6.90. The molecule has 2 atom stereocenters. The van der Waals surface area contributed by atoms with Crippen LogP contribution in [-0.4, -0.2) is 51.0 Å². The Morgan fingerprint density at radius 1 is 0.617 bits per heavy atom. The zero-order valence-electron chi connectivity index (χ0n) is 27.9. The third kappa shape index (κ3) is 9.85. The minimum absolute atomic E-state index is 0.178. The van der Waals surface area contributed by atoms with E-state index < -0.39 is 0 Å². The molecule has 0 radical (unpaired) electrons. The van der Waals surface area contributed by atoms with Crippen LogP contribution in [0.3, 0.4) is 0 Å². The Balaban J connectivity index is 0.976. The number of unbranched alkanes of at least 4 members (excludes halogenated alkanes) is 7. The maximum atomic E-state index is 6.39. The van der Waals surface area contributed by atoms with Gasteiger partial charge >= 0.3 is 0 Å². The summed E-state index contributed by atoms with van der Waals surface area (Å²) in [6, 6.07) is 36.1. The molecule has 248 valence electrons. The summed E-state index contributed by atoms with van der Waals surface area (Å²) in [6.07, 6.45) is 10.4. The number of nitrogens with zero attached hydrogens (tertiary/aromatic N) is 1. The van der Waals surface area contributed by atoms with Gasteiger partial charge in [-0.1, -0.05) is 117 Å². The van der Waals surface area contributed by atoms with Gasteiger partial charge in [-0.25, -0.2) is 0 Å². The molecule has 0 amide bonds. The van der Waals surface area contributed by atoms with Gasteiger partial charge < -0.3 is 18.9 Å². The summed E-state index contributed by atoms with van der Waals surface area (Å²) < 4.78 is 24.1. The molecule has 0 aliphatic carbocycles. The summed E-state index contributed by atoms with van der Waals surface area (Å²) in [5.74, 6) is 3.07. The van der Waals surface area contributed by atoms with Gasteiger partial charge in [-0.3, -0.25) is 4.90 Å². The lowest BCUT2D eigenvalue weighted by Crippen LogP contribution is -2.36. The molecule has 47 heavy (non-hydrogen) atoms. The third-order valence-electron chi connectivity index (χ3n) is 9.60. The van der Waals surface area contributed by atoms with Crippen molar-refractivity contribution in [1.82, 2.24) is 4.90 Å². The zero-order chi connectivity index (χ0) is 31.9. The van der Waals surface area contributed by atoms with Crippen molar-refractivity contribution in [2.45, 2.75) is 69.8 Å². The van der Waals surface area contributed by atoms with Crippen molar-refractivity contribution in [2.24, 2.45) is 0 Å². The van der Waals surface area contributed by atoms with E-state index in [1.54, 1.807) is 0 Å². The molecular weight excluding hydrogens is 582 g/mol. The summed E-state index contributed by atoms with van der Waals surface area (Å²) in [5, 5.41) is 0. The van der Waals surface area contributed by atoms with Crippen LogP contribution in [0.2, 0.25) is 0 Å². The summed E-state index contributed by atoms with van der Waals surface area (Å²) in [6.45, 7) is 7.20. The van der Waals surface area contributed by atoms with E-state index >= 15 is 0 Å². The molecule has 6 rings (SSSR count). The topological polar surface area (TPSA) is 40.2 Å². The summed E-state index contributed by atoms with van der Waals surface area (Å²) in [5.41, 5.74) is 4.92. The quantitative estimate of drug-likeness (QED) is 0.108. The maximum Gasteiger partial charge on any atom is 0.126 e. The molecule has 4 aromatic rings. The molecular formula is C42H51NO4. The second-order valence-corrected chi connectivity index (χ2v) is 13.0. The largest absolute Gasteiger partial charge is 0.494 e. The van der Waals surface area contributed by atoms with Gasteiger partial charge in [0.25, 0.3) is 0 Å². The van der Waals surface area contributed by atoms with E-state index in [1.165, 1.54) is 68.2 Å². The minimum Gasteiger partial charge on any atom is -0.494 e. The minimum atomic E-state index is 0.178. The lowest BCUT2D eigenvalue weighted by molar-refractivity contribution is 0.0371. The lowest BCUT2D eigenvalue weighted by atomic mass is 9.76. The average Bonchev–Trinajstić information content (AvgIpc) is 3.14. The fourth-order valence-electron chi connectivity index (χ4n) is 6.90. The van der Waals surface area contributed by atoms with Crippen molar-refractivity contribution in [3.63, 3.8) is 0 Å². The molecule has 2 aliphatic heterocycles. The fraction of sp³-hybridized carbons (Fsp3) is 0.429. The maximum absolute atomic E-state index is 6.39. The SMILES string of the molecule is c1ccc(COc2ccc3c(c2)OCC(c2ccccc2)C3c2ccc(OCCCCCCCCCCN3CCOCC3)cc2)cc1. The third-order valence-corrected chi connectivity index (χ3v) is 9.60. The van der Waals surface area contributed by atoms with E-state index in [0.717, 1.165) is 62.1 Å². The molecule has 1 saturated heterocycles. The van der Waals surface area contributed by atoms with E-state index in [1.807, 2.05) is 18.2 Å². The monoisotopic (exact) mass is 633 g/mol. The Morgan fingerprint density at radius 2 is 1.28 bits per heavy atom. The van der Waals surface area contributed by atoms with E-state index in [0.29, 0.717) is 13.2 Å². The Kier molecular flexibility index (Phi) is 12.6. The summed E-state index contributed by atoms with van der Waals surface area (Å²) in [4.78, 5) is 2.54. The normalized spacial score (nSPS) is 17.9. The van der Waals surface area contributed by atoms with Crippen molar-refractivity contribution in [3.8, 4) is 17.2 Å². The highest BCUT2D eigenvalue weighted by molar-refractivity contribution is 5.51. The molecule has 0 spiro atoms. The van der Waals surface area contributed by atoms with Crippen LogP contribution in [0.4, 0.5) is 0 Å². The number of hydrogen-bond acceptors (Lipinski definition) is 5. The van der Waals surface area contributed by atoms with Crippen LogP contribution in [0, 0.1) is 0 Å². The molecule has 4 aromatic carbocycles. The van der Waals surface area contributed by atoms with Gasteiger partial charge in [-0.2, -0.15) is 0 Å². The van der Waals surface area contributed by atoms with Gasteiger partial charge in [-0.05, 0) is 54.3 Å². The molecule has 0 aromatic heterocycles. The van der Waals surface area contributed by atoms with Gasteiger partial charge in [0.15, 0.2) is 0 Å². The summed E-state index contributed by atoms with van der Waals surface area (Å²) >= 11 is 0. The van der Waals surface area contributed by atoms with Crippen molar-refractivity contribution in [1.29, 1.82) is 0 Å². The van der Waals surface area contributed by atoms with Crippen molar-refractivity contribution < 1.29 is 18.9 Å². The van der Waals surface area contributed by atoms with Crippen LogP contribution in [0.15, 0.2) is 103 Å². The Hall–Kier alpha value is -3.80. The molecule has 5 nitrogen and oxygen atoms in total. The average molecular weight is 634 g/mol. The molecule has 2 aliphatic rings. The van der Waals surface area contributed by atoms with E-state index in [-0.39, 0.29) is 11.8 Å². The number of fused-ring (bicyclic) bond motifs is 1. The van der Waals surface area contributed by atoms with Crippen LogP contribution in [0.25, 0.3) is 0 Å². The van der Waals surface area contributed by atoms with Gasteiger partial charge in [0.2, 0.25) is 0 Å². The van der Waals surface area contributed by atoms with Crippen LogP contribution in [-0.2, 0) is 11.3 Å². The van der Waals surface area contributed by atoms with Gasteiger partial charge in [0.1, 0.15) is 23.9 Å². The number of ether oxygens (including phenoxy) is 4. The molecule has 2 unspecified atom stereocenters. The van der Waals surface area contributed by atoms with Gasteiger partial charge in [0, 0.05) is 36.6 Å². The lowest BCUT2D eigenvalue weighted by Gasteiger charge is -2.34. The first kappa shape index (κ1) is 33.1. The first-order valence-corrected chi connectivity index (χ1v) is 17.8. The van der Waals surface area contributed by atoms with Crippen LogP contribution >= 0.6 is 0 Å². The van der Waals surface area contributed by atoms with Crippen LogP contribution < -0.4 is 14.2 Å². The predicted molar refractivity (Wildman–Crippen MR) is 190 cm³/mol. The molecule has 5 heteroatoms. The summed E-state index contributed by atoms with van der Waals surface area (Å²) in [7, 11) is 0. The Bertz CT molecular complexity index is 1450. The number of morpholine rings is 1. The number of benzene rings is 4. The van der Waals surface area contributed by atoms with Crippen molar-refractivity contribution in [3.05, 3.63) is 125 Å². The van der Waals surface area contributed by atoms with E-state index in [9.17, 15) is 0 Å². The zero-order valence-corrected chi connectivity index (χ0v) is 27.9. The number of rotatable bonds is 17. The van der Waals surface area contributed by atoms with Crippen LogP contribution in [0.5, 0.6) is 17.2 Å².